The summed E-state index contributed by atoms with van der Waals surface area (Å²) in [4.78, 5) is 4.46. The Kier molecular flexibility index (Phi) is 4.47. The molecule has 0 bridgehead atoms. The van der Waals surface area contributed by atoms with E-state index in [1.165, 1.54) is 0 Å². The Balaban J connectivity index is 2.57. The number of hydrogen-bond donors (Lipinski definition) is 0. The van der Waals surface area contributed by atoms with Crippen molar-refractivity contribution in [3.63, 3.8) is 0 Å². The molecule has 1 heterocycles. The van der Waals surface area contributed by atoms with Gasteiger partial charge in [0, 0.05) is 12.3 Å². The molecule has 0 saturated heterocycles. The fourth-order valence-electron chi connectivity index (χ4n) is 1.70. The van der Waals surface area contributed by atoms with E-state index in [-0.39, 0.29) is 0 Å². The zero-order valence-corrected chi connectivity index (χ0v) is 12.3. The number of benzene rings is 1. The number of fused-ring (bicyclic) bond motifs is 1. The molecule has 17 heavy (non-hydrogen) atoms. The Morgan fingerprint density at radius 3 is 2.65 bits per heavy atom. The van der Waals surface area contributed by atoms with Crippen LogP contribution >= 0.6 is 46.6 Å². The van der Waals surface area contributed by atoms with Crippen LogP contribution in [0.4, 0.5) is 0 Å². The maximum Gasteiger partial charge on any atom is 0.124 e. The van der Waals surface area contributed by atoms with Gasteiger partial charge in [0.2, 0.25) is 0 Å². The summed E-state index contributed by atoms with van der Waals surface area (Å²) in [5.41, 5.74) is 1.83. The molecule has 2 aromatic rings. The molecule has 1 aromatic carbocycles. The molecule has 0 aliphatic carbocycles. The Morgan fingerprint density at radius 1 is 1.29 bits per heavy atom. The van der Waals surface area contributed by atoms with E-state index in [4.69, 9.17) is 34.8 Å². The molecule has 0 spiro atoms. The summed E-state index contributed by atoms with van der Waals surface area (Å²) in [7, 11) is 0. The molecule has 0 aliphatic heterocycles. The highest BCUT2D eigenvalue weighted by Gasteiger charge is 2.11. The third-order valence-corrected chi connectivity index (χ3v) is 4.06. The molecule has 0 amide bonds. The van der Waals surface area contributed by atoms with Crippen LogP contribution in [0.15, 0.2) is 12.1 Å². The lowest BCUT2D eigenvalue weighted by atomic mass is 10.3. The van der Waals surface area contributed by atoms with Crippen molar-refractivity contribution in [3.8, 4) is 0 Å². The van der Waals surface area contributed by atoms with Crippen molar-refractivity contribution >= 4 is 57.6 Å². The van der Waals surface area contributed by atoms with E-state index < -0.39 is 0 Å². The van der Waals surface area contributed by atoms with Gasteiger partial charge in [-0.2, -0.15) is 11.8 Å². The molecule has 0 N–H and O–H groups in total. The Hall–Kier alpha value is -0.0900. The van der Waals surface area contributed by atoms with Crippen LogP contribution in [-0.2, 0) is 12.4 Å². The molecule has 2 rings (SSSR count). The Labute approximate surface area is 119 Å². The Bertz CT molecular complexity index is 539. The first-order chi connectivity index (χ1) is 8.17. The van der Waals surface area contributed by atoms with Gasteiger partial charge in [-0.05, 0) is 18.4 Å². The molecule has 0 atom stereocenters. The van der Waals surface area contributed by atoms with E-state index in [0.717, 1.165) is 29.2 Å². The van der Waals surface area contributed by atoms with Gasteiger partial charge in [0.15, 0.2) is 0 Å². The first kappa shape index (κ1) is 13.3. The number of aryl methyl sites for hydroxylation is 1. The minimum atomic E-state index is 0.387. The van der Waals surface area contributed by atoms with E-state index in [2.05, 4.69) is 15.8 Å². The number of aromatic nitrogens is 2. The fraction of sp³-hybridized carbons (Fsp3) is 0.364. The van der Waals surface area contributed by atoms with E-state index in [0.29, 0.717) is 15.9 Å². The first-order valence-electron chi connectivity index (χ1n) is 5.06. The largest absolute Gasteiger partial charge is 0.326 e. The maximum absolute atomic E-state index is 6.03. The quantitative estimate of drug-likeness (QED) is 0.777. The summed E-state index contributed by atoms with van der Waals surface area (Å²) in [6, 6.07) is 3.63. The van der Waals surface area contributed by atoms with Crippen molar-refractivity contribution in [3.05, 3.63) is 28.0 Å². The van der Waals surface area contributed by atoms with Gasteiger partial charge in [-0.1, -0.05) is 23.2 Å². The smallest absolute Gasteiger partial charge is 0.124 e. The van der Waals surface area contributed by atoms with Crippen LogP contribution in [0.5, 0.6) is 0 Å². The molecule has 2 nitrogen and oxygen atoms in total. The standard InChI is InChI=1S/C11H11Cl3N2S/c1-17-3-2-16-10-5-8(14)7(13)4-9(10)15-11(16)6-12/h4-5H,2-3,6H2,1H3. The summed E-state index contributed by atoms with van der Waals surface area (Å²) in [6.07, 6.45) is 2.07. The van der Waals surface area contributed by atoms with E-state index in [1.807, 2.05) is 6.07 Å². The number of alkyl halides is 1. The van der Waals surface area contributed by atoms with Gasteiger partial charge in [-0.25, -0.2) is 4.98 Å². The predicted octanol–water partition coefficient (Wildman–Crippen LogP) is 4.44. The average Bonchev–Trinajstić information content (AvgIpc) is 2.64. The van der Waals surface area contributed by atoms with Crippen molar-refractivity contribution in [2.45, 2.75) is 12.4 Å². The van der Waals surface area contributed by atoms with E-state index >= 15 is 0 Å². The van der Waals surface area contributed by atoms with Crippen molar-refractivity contribution in [2.75, 3.05) is 12.0 Å². The molecule has 0 aliphatic rings. The van der Waals surface area contributed by atoms with Gasteiger partial charge in [0.25, 0.3) is 0 Å². The second-order valence-corrected chi connectivity index (χ2v) is 5.63. The first-order valence-corrected chi connectivity index (χ1v) is 7.75. The molecule has 0 fully saturated rings. The van der Waals surface area contributed by atoms with E-state index in [9.17, 15) is 0 Å². The summed E-state index contributed by atoms with van der Waals surface area (Å²) in [5.74, 6) is 2.25. The summed E-state index contributed by atoms with van der Waals surface area (Å²) in [6.45, 7) is 0.873. The SMILES string of the molecule is CSCCn1c(CCl)nc2cc(Cl)c(Cl)cc21. The fourth-order valence-corrected chi connectivity index (χ4v) is 2.59. The average molecular weight is 310 g/mol. The third kappa shape index (κ3) is 2.68. The van der Waals surface area contributed by atoms with Crippen LogP contribution in [0.3, 0.4) is 0 Å². The van der Waals surface area contributed by atoms with E-state index in [1.54, 1.807) is 17.8 Å². The topological polar surface area (TPSA) is 17.8 Å². The minimum Gasteiger partial charge on any atom is -0.326 e. The maximum atomic E-state index is 6.03. The zero-order chi connectivity index (χ0) is 12.4. The van der Waals surface area contributed by atoms with Crippen molar-refractivity contribution in [1.82, 2.24) is 9.55 Å². The van der Waals surface area contributed by atoms with Gasteiger partial charge in [0.1, 0.15) is 5.82 Å². The zero-order valence-electron chi connectivity index (χ0n) is 9.21. The molecule has 6 heteroatoms. The molecule has 0 saturated carbocycles. The molecule has 0 unspecified atom stereocenters. The third-order valence-electron chi connectivity index (χ3n) is 2.51. The van der Waals surface area contributed by atoms with Gasteiger partial charge >= 0.3 is 0 Å². The number of nitrogens with zero attached hydrogens (tertiary/aromatic N) is 2. The van der Waals surface area contributed by atoms with Crippen LogP contribution in [0.2, 0.25) is 10.0 Å². The van der Waals surface area contributed by atoms with Crippen molar-refractivity contribution in [1.29, 1.82) is 0 Å². The molecule has 1 aromatic heterocycles. The Morgan fingerprint density at radius 2 is 2.00 bits per heavy atom. The second kappa shape index (κ2) is 5.70. The number of rotatable bonds is 4. The van der Waals surface area contributed by atoms with Crippen molar-refractivity contribution < 1.29 is 0 Å². The highest BCUT2D eigenvalue weighted by Crippen LogP contribution is 2.28. The van der Waals surface area contributed by atoms with Gasteiger partial charge in [-0.15, -0.1) is 11.6 Å². The van der Waals surface area contributed by atoms with Crippen LogP contribution in [0.25, 0.3) is 11.0 Å². The minimum absolute atomic E-state index is 0.387. The number of imidazole rings is 1. The summed E-state index contributed by atoms with van der Waals surface area (Å²) >= 11 is 19.7. The van der Waals surface area contributed by atoms with Crippen LogP contribution in [0, 0.1) is 0 Å². The lowest BCUT2D eigenvalue weighted by Gasteiger charge is -2.06. The lowest BCUT2D eigenvalue weighted by Crippen LogP contribution is -2.04. The van der Waals surface area contributed by atoms with Crippen LogP contribution in [0.1, 0.15) is 5.82 Å². The van der Waals surface area contributed by atoms with Crippen LogP contribution < -0.4 is 0 Å². The molecule has 92 valence electrons. The second-order valence-electron chi connectivity index (χ2n) is 3.56. The highest BCUT2D eigenvalue weighted by atomic mass is 35.5. The summed E-state index contributed by atoms with van der Waals surface area (Å²) in [5, 5.41) is 1.07. The van der Waals surface area contributed by atoms with Gasteiger partial charge < -0.3 is 4.57 Å². The molecular formula is C11H11Cl3N2S. The normalized spacial score (nSPS) is 11.3. The molecule has 0 radical (unpaired) electrons. The monoisotopic (exact) mass is 308 g/mol. The number of halogens is 3. The van der Waals surface area contributed by atoms with Gasteiger partial charge in [-0.3, -0.25) is 0 Å². The summed E-state index contributed by atoms with van der Waals surface area (Å²) < 4.78 is 2.10. The number of hydrogen-bond acceptors (Lipinski definition) is 2. The van der Waals surface area contributed by atoms with Crippen molar-refractivity contribution in [2.24, 2.45) is 0 Å². The lowest BCUT2D eigenvalue weighted by molar-refractivity contribution is 0.755. The van der Waals surface area contributed by atoms with Crippen LogP contribution in [-0.4, -0.2) is 21.6 Å². The highest BCUT2D eigenvalue weighted by molar-refractivity contribution is 7.98. The molecular weight excluding hydrogens is 299 g/mol. The number of thioether (sulfide) groups is 1. The van der Waals surface area contributed by atoms with Gasteiger partial charge in [0.05, 0.1) is 27.0 Å². The predicted molar refractivity (Wildman–Crippen MR) is 77.7 cm³/mol.